The molecule has 0 unspecified atom stereocenters. The van der Waals surface area contributed by atoms with E-state index in [-0.39, 0.29) is 5.91 Å². The molecule has 0 bridgehead atoms. The van der Waals surface area contributed by atoms with E-state index in [1.54, 1.807) is 11.8 Å². The van der Waals surface area contributed by atoms with Crippen LogP contribution >= 0.6 is 11.8 Å². The minimum absolute atomic E-state index is 0.0628. The van der Waals surface area contributed by atoms with Crippen molar-refractivity contribution in [3.8, 4) is 0 Å². The number of anilines is 1. The van der Waals surface area contributed by atoms with Crippen molar-refractivity contribution in [1.82, 2.24) is 0 Å². The maximum atomic E-state index is 12.0. The Hall–Kier alpha value is -1.74. The van der Waals surface area contributed by atoms with Crippen LogP contribution in [0.2, 0.25) is 0 Å². The van der Waals surface area contributed by atoms with Gasteiger partial charge in [0.2, 0.25) is 5.91 Å². The van der Waals surface area contributed by atoms with Crippen LogP contribution in [0.25, 0.3) is 0 Å². The molecule has 0 saturated heterocycles. The molecule has 2 aromatic carbocycles. The molecule has 0 atom stereocenters. The molecule has 0 radical (unpaired) electrons. The molecule has 2 nitrogen and oxygen atoms in total. The second-order valence-corrected chi connectivity index (χ2v) is 5.83. The van der Waals surface area contributed by atoms with Gasteiger partial charge >= 0.3 is 0 Å². The predicted molar refractivity (Wildman–Crippen MR) is 91.0 cm³/mol. The largest absolute Gasteiger partial charge is 0.326 e. The van der Waals surface area contributed by atoms with Crippen LogP contribution in [0.3, 0.4) is 0 Å². The Labute approximate surface area is 131 Å². The molecule has 2 aromatic rings. The molecule has 2 rings (SSSR count). The third-order valence-corrected chi connectivity index (χ3v) is 4.15. The van der Waals surface area contributed by atoms with Gasteiger partial charge in [-0.25, -0.2) is 0 Å². The Balaban J connectivity index is 1.86. The molecule has 0 aromatic heterocycles. The number of carbonyl (C=O) groups excluding carboxylic acids is 1. The van der Waals surface area contributed by atoms with Crippen LogP contribution < -0.4 is 5.32 Å². The number of amides is 1. The minimum atomic E-state index is 0.0628. The molecule has 3 heteroatoms. The van der Waals surface area contributed by atoms with Gasteiger partial charge in [0.25, 0.3) is 0 Å². The zero-order chi connectivity index (χ0) is 15.1. The minimum Gasteiger partial charge on any atom is -0.326 e. The fourth-order valence-electron chi connectivity index (χ4n) is 2.12. The first-order chi connectivity index (χ1) is 10.2. The van der Waals surface area contributed by atoms with Crippen LogP contribution in [0.15, 0.2) is 53.4 Å². The van der Waals surface area contributed by atoms with Crippen molar-refractivity contribution in [2.75, 3.05) is 11.6 Å². The van der Waals surface area contributed by atoms with E-state index in [1.165, 1.54) is 11.1 Å². The Kier molecular flexibility index (Phi) is 5.88. The van der Waals surface area contributed by atoms with Crippen LogP contribution in [-0.4, -0.2) is 12.2 Å². The van der Waals surface area contributed by atoms with Crippen molar-refractivity contribution in [3.05, 3.63) is 59.7 Å². The highest BCUT2D eigenvalue weighted by molar-refractivity contribution is 7.98. The van der Waals surface area contributed by atoms with E-state index in [1.807, 2.05) is 30.5 Å². The third-order valence-electron chi connectivity index (χ3n) is 3.43. The lowest BCUT2D eigenvalue weighted by Gasteiger charge is -2.07. The van der Waals surface area contributed by atoms with E-state index in [9.17, 15) is 4.79 Å². The van der Waals surface area contributed by atoms with Crippen molar-refractivity contribution in [2.24, 2.45) is 0 Å². The maximum absolute atomic E-state index is 12.0. The number of benzene rings is 2. The molecule has 0 aliphatic heterocycles. The van der Waals surface area contributed by atoms with E-state index in [0.717, 1.165) is 23.4 Å². The van der Waals surface area contributed by atoms with E-state index in [0.29, 0.717) is 6.42 Å². The molecule has 0 aliphatic carbocycles. The number of hydrogen-bond acceptors (Lipinski definition) is 2. The van der Waals surface area contributed by atoms with E-state index in [2.05, 4.69) is 36.5 Å². The highest BCUT2D eigenvalue weighted by Gasteiger charge is 2.04. The van der Waals surface area contributed by atoms with Crippen LogP contribution in [0.4, 0.5) is 5.69 Å². The van der Waals surface area contributed by atoms with Gasteiger partial charge in [-0.3, -0.25) is 4.79 Å². The fraction of sp³-hybridized carbons (Fsp3) is 0.278. The maximum Gasteiger partial charge on any atom is 0.224 e. The second-order valence-electron chi connectivity index (χ2n) is 4.95. The topological polar surface area (TPSA) is 29.1 Å². The number of rotatable bonds is 6. The van der Waals surface area contributed by atoms with Crippen molar-refractivity contribution < 1.29 is 4.79 Å². The van der Waals surface area contributed by atoms with Gasteiger partial charge in [-0.05, 0) is 48.4 Å². The molecule has 21 heavy (non-hydrogen) atoms. The average Bonchev–Trinajstić information content (AvgIpc) is 2.53. The van der Waals surface area contributed by atoms with Crippen LogP contribution in [0.5, 0.6) is 0 Å². The van der Waals surface area contributed by atoms with E-state index >= 15 is 0 Å². The van der Waals surface area contributed by atoms with Crippen molar-refractivity contribution in [2.45, 2.75) is 31.1 Å². The summed E-state index contributed by atoms with van der Waals surface area (Å²) < 4.78 is 0. The second kappa shape index (κ2) is 7.89. The number of hydrogen-bond donors (Lipinski definition) is 1. The Morgan fingerprint density at radius 3 is 2.48 bits per heavy atom. The van der Waals surface area contributed by atoms with Crippen molar-refractivity contribution >= 4 is 23.4 Å². The molecule has 110 valence electrons. The van der Waals surface area contributed by atoms with Crippen molar-refractivity contribution in [3.63, 3.8) is 0 Å². The lowest BCUT2D eigenvalue weighted by atomic mass is 10.1. The summed E-state index contributed by atoms with van der Waals surface area (Å²) in [4.78, 5) is 13.1. The third kappa shape index (κ3) is 4.94. The van der Waals surface area contributed by atoms with Gasteiger partial charge < -0.3 is 5.32 Å². The Bertz CT molecular complexity index is 592. The van der Waals surface area contributed by atoms with Gasteiger partial charge in [0, 0.05) is 17.0 Å². The average molecular weight is 299 g/mol. The van der Waals surface area contributed by atoms with Gasteiger partial charge in [-0.15, -0.1) is 11.8 Å². The molecule has 0 saturated carbocycles. The number of carbonyl (C=O) groups is 1. The molecule has 0 heterocycles. The van der Waals surface area contributed by atoms with Crippen molar-refractivity contribution in [1.29, 1.82) is 0 Å². The summed E-state index contributed by atoms with van der Waals surface area (Å²) in [6.45, 7) is 2.14. The molecule has 0 aliphatic rings. The summed E-state index contributed by atoms with van der Waals surface area (Å²) in [5, 5.41) is 2.96. The smallest absolute Gasteiger partial charge is 0.224 e. The summed E-state index contributed by atoms with van der Waals surface area (Å²) in [6, 6.07) is 16.4. The summed E-state index contributed by atoms with van der Waals surface area (Å²) in [5.74, 6) is 0.0628. The highest BCUT2D eigenvalue weighted by atomic mass is 32.2. The predicted octanol–water partition coefficient (Wildman–Crippen LogP) is 4.54. The molecular formula is C18H21NOS. The number of nitrogens with one attached hydrogen (secondary N) is 1. The Morgan fingerprint density at radius 2 is 1.81 bits per heavy atom. The molecule has 0 spiro atoms. The summed E-state index contributed by atoms with van der Waals surface area (Å²) in [7, 11) is 0. The first kappa shape index (κ1) is 15.6. The standard InChI is InChI=1S/C18H21NOS/c1-3-14-7-9-15(10-8-14)11-12-18(20)19-16-5-4-6-17(13-16)21-2/h4-10,13H,3,11-12H2,1-2H3,(H,19,20). The van der Waals surface area contributed by atoms with Gasteiger partial charge in [0.05, 0.1) is 0 Å². The van der Waals surface area contributed by atoms with Gasteiger partial charge in [0.15, 0.2) is 0 Å². The lowest BCUT2D eigenvalue weighted by molar-refractivity contribution is -0.116. The quantitative estimate of drug-likeness (QED) is 0.793. The first-order valence-electron chi connectivity index (χ1n) is 7.23. The van der Waals surface area contributed by atoms with E-state index in [4.69, 9.17) is 0 Å². The highest BCUT2D eigenvalue weighted by Crippen LogP contribution is 2.19. The normalized spacial score (nSPS) is 10.4. The molecule has 0 fully saturated rings. The van der Waals surface area contributed by atoms with Gasteiger partial charge in [-0.1, -0.05) is 37.3 Å². The zero-order valence-corrected chi connectivity index (χ0v) is 13.4. The molecule has 1 amide bonds. The lowest BCUT2D eigenvalue weighted by Crippen LogP contribution is -2.12. The molecule has 1 N–H and O–H groups in total. The van der Waals surface area contributed by atoms with E-state index < -0.39 is 0 Å². The summed E-state index contributed by atoms with van der Waals surface area (Å²) in [5.41, 5.74) is 3.41. The van der Waals surface area contributed by atoms with Crippen LogP contribution in [0, 0.1) is 0 Å². The number of aryl methyl sites for hydroxylation is 2. The summed E-state index contributed by atoms with van der Waals surface area (Å²) >= 11 is 1.67. The van der Waals surface area contributed by atoms with Crippen LogP contribution in [-0.2, 0) is 17.6 Å². The SMILES string of the molecule is CCc1ccc(CCC(=O)Nc2cccc(SC)c2)cc1. The Morgan fingerprint density at radius 1 is 1.10 bits per heavy atom. The monoisotopic (exact) mass is 299 g/mol. The zero-order valence-electron chi connectivity index (χ0n) is 12.6. The summed E-state index contributed by atoms with van der Waals surface area (Å²) in [6.07, 6.45) is 4.36. The molecular weight excluding hydrogens is 278 g/mol. The van der Waals surface area contributed by atoms with Crippen LogP contribution in [0.1, 0.15) is 24.5 Å². The number of thioether (sulfide) groups is 1. The van der Waals surface area contributed by atoms with Gasteiger partial charge in [-0.2, -0.15) is 0 Å². The first-order valence-corrected chi connectivity index (χ1v) is 8.45. The fourth-order valence-corrected chi connectivity index (χ4v) is 2.58. The van der Waals surface area contributed by atoms with Gasteiger partial charge in [0.1, 0.15) is 0 Å².